The van der Waals surface area contributed by atoms with Gasteiger partial charge in [0.1, 0.15) is 6.17 Å². The number of halogens is 1. The topological polar surface area (TPSA) is 74.4 Å². The van der Waals surface area contributed by atoms with Crippen LogP contribution < -0.4 is 5.32 Å². The van der Waals surface area contributed by atoms with E-state index >= 15 is 4.39 Å². The van der Waals surface area contributed by atoms with E-state index in [2.05, 4.69) is 22.2 Å². The van der Waals surface area contributed by atoms with Crippen LogP contribution >= 0.6 is 0 Å². The summed E-state index contributed by atoms with van der Waals surface area (Å²) in [5, 5.41) is 3.60. The first kappa shape index (κ1) is 29.2. The quantitative estimate of drug-likeness (QED) is 0.378. The molecule has 0 aromatic heterocycles. The second kappa shape index (κ2) is 12.4. The Kier molecular flexibility index (Phi) is 8.65. The first-order valence-electron chi connectivity index (χ1n) is 17.1. The Balaban J connectivity index is 1.14. The molecule has 3 aliphatic carbocycles. The minimum atomic E-state index is -1.18. The molecule has 1 N–H and O–H groups in total. The molecule has 10 atom stereocenters. The van der Waals surface area contributed by atoms with Gasteiger partial charge in [-0.05, 0) is 83.3 Å². The van der Waals surface area contributed by atoms with Crippen LogP contribution in [0.3, 0.4) is 0 Å². The van der Waals surface area contributed by atoms with E-state index in [0.29, 0.717) is 44.2 Å². The van der Waals surface area contributed by atoms with Crippen molar-refractivity contribution in [2.24, 2.45) is 17.8 Å². The second-order valence-electron chi connectivity index (χ2n) is 14.3. The highest BCUT2D eigenvalue weighted by atomic mass is 19.1. The SMILES string of the molecule is CN1CCCCC1CCCNC1C(F)CC2C(=O)C(C(=O)N3CCOCC3)=CN3C4C(CCC5CCCCC54)OC1C23. The van der Waals surface area contributed by atoms with Gasteiger partial charge in [-0.25, -0.2) is 4.39 Å². The Morgan fingerprint density at radius 3 is 2.67 bits per heavy atom. The van der Waals surface area contributed by atoms with Crippen molar-refractivity contribution in [3.8, 4) is 0 Å². The normalized spacial score (nSPS) is 42.3. The lowest BCUT2D eigenvalue weighted by Crippen LogP contribution is -2.74. The number of ether oxygens (including phenoxy) is 2. The van der Waals surface area contributed by atoms with E-state index < -0.39 is 24.2 Å². The fourth-order valence-electron chi connectivity index (χ4n) is 9.85. The number of ketones is 1. The number of morpholine rings is 2. The number of hydrogen-bond acceptors (Lipinski definition) is 7. The standard InChI is InChI=1S/C33H51FN4O4/c1-36-14-5-4-8-22(36)9-6-13-35-28-26(34)19-24-30-32(28)42-27-12-11-21-7-2-3-10-23(21)29(27)38(30)20-25(31(24)39)33(40)37-15-17-41-18-16-37/h20-24,26-30,32,35H,2-19H2,1H3. The Labute approximate surface area is 250 Å². The zero-order chi connectivity index (χ0) is 28.8. The van der Waals surface area contributed by atoms with Crippen LogP contribution in [0.4, 0.5) is 4.39 Å². The summed E-state index contributed by atoms with van der Waals surface area (Å²) in [4.78, 5) is 34.4. The van der Waals surface area contributed by atoms with Gasteiger partial charge in [0.2, 0.25) is 0 Å². The van der Waals surface area contributed by atoms with Crippen LogP contribution in [0.2, 0.25) is 0 Å². The average Bonchev–Trinajstić information content (AvgIpc) is 3.02. The number of piperidine rings is 1. The number of likely N-dealkylation sites (tertiary alicyclic amines) is 1. The average molecular weight is 587 g/mol. The lowest BCUT2D eigenvalue weighted by atomic mass is 9.63. The van der Waals surface area contributed by atoms with Crippen molar-refractivity contribution in [2.45, 2.75) is 120 Å². The molecule has 42 heavy (non-hydrogen) atoms. The summed E-state index contributed by atoms with van der Waals surface area (Å²) >= 11 is 0. The van der Waals surface area contributed by atoms with Crippen molar-refractivity contribution in [3.63, 3.8) is 0 Å². The number of nitrogens with zero attached hydrogens (tertiary/aromatic N) is 3. The number of rotatable bonds is 6. The highest BCUT2D eigenvalue weighted by Gasteiger charge is 2.60. The molecular weight excluding hydrogens is 535 g/mol. The molecule has 7 rings (SSSR count). The van der Waals surface area contributed by atoms with E-state index in [4.69, 9.17) is 9.47 Å². The number of fused-ring (bicyclic) bond motifs is 4. The summed E-state index contributed by atoms with van der Waals surface area (Å²) < 4.78 is 28.6. The lowest BCUT2D eigenvalue weighted by molar-refractivity contribution is -0.215. The molecule has 0 spiro atoms. The molecule has 7 aliphatic rings. The molecule has 4 heterocycles. The summed E-state index contributed by atoms with van der Waals surface area (Å²) in [7, 11) is 2.23. The molecule has 0 aromatic rings. The Bertz CT molecular complexity index is 1040. The van der Waals surface area contributed by atoms with Crippen LogP contribution in [0, 0.1) is 17.8 Å². The number of carbonyl (C=O) groups excluding carboxylic acids is 2. The zero-order valence-electron chi connectivity index (χ0n) is 25.4. The molecule has 0 aromatic carbocycles. The highest BCUT2D eigenvalue weighted by Crippen LogP contribution is 2.51. The zero-order valence-corrected chi connectivity index (χ0v) is 25.4. The predicted octanol–water partition coefficient (Wildman–Crippen LogP) is 3.30. The van der Waals surface area contributed by atoms with Gasteiger partial charge in [-0.1, -0.05) is 25.7 Å². The van der Waals surface area contributed by atoms with Gasteiger partial charge in [-0.2, -0.15) is 0 Å². The van der Waals surface area contributed by atoms with E-state index in [1.54, 1.807) is 4.90 Å². The third-order valence-corrected chi connectivity index (χ3v) is 12.0. The van der Waals surface area contributed by atoms with E-state index in [1.807, 2.05) is 6.20 Å². The number of Topliss-reactive ketones (excluding diaryl/α,β-unsaturated/α-hetero) is 1. The first-order chi connectivity index (χ1) is 20.5. The molecule has 3 saturated carbocycles. The first-order valence-corrected chi connectivity index (χ1v) is 17.1. The minimum absolute atomic E-state index is 0.0147. The third-order valence-electron chi connectivity index (χ3n) is 12.0. The Hall–Kier alpha value is -1.55. The number of carbonyl (C=O) groups is 2. The third kappa shape index (κ3) is 5.34. The summed E-state index contributed by atoms with van der Waals surface area (Å²) in [6, 6.07) is 0.135. The van der Waals surface area contributed by atoms with Gasteiger partial charge >= 0.3 is 0 Å². The molecule has 8 nitrogen and oxygen atoms in total. The minimum Gasteiger partial charge on any atom is -0.378 e. The van der Waals surface area contributed by atoms with Gasteiger partial charge in [0, 0.05) is 31.2 Å². The maximum atomic E-state index is 16.1. The molecule has 1 amide bonds. The molecule has 0 bridgehead atoms. The van der Waals surface area contributed by atoms with E-state index in [9.17, 15) is 9.59 Å². The maximum absolute atomic E-state index is 16.1. The van der Waals surface area contributed by atoms with E-state index in [0.717, 1.165) is 32.2 Å². The number of amides is 1. The molecule has 6 fully saturated rings. The van der Waals surface area contributed by atoms with Crippen molar-refractivity contribution >= 4 is 11.7 Å². The van der Waals surface area contributed by atoms with Crippen molar-refractivity contribution < 1.29 is 23.5 Å². The van der Waals surface area contributed by atoms with Gasteiger partial charge in [-0.3, -0.25) is 9.59 Å². The van der Waals surface area contributed by atoms with Crippen LogP contribution in [0.5, 0.6) is 0 Å². The van der Waals surface area contributed by atoms with Crippen molar-refractivity contribution in [2.75, 3.05) is 46.4 Å². The van der Waals surface area contributed by atoms with Crippen LogP contribution in [0.15, 0.2) is 11.8 Å². The van der Waals surface area contributed by atoms with Crippen molar-refractivity contribution in [1.82, 2.24) is 20.0 Å². The van der Waals surface area contributed by atoms with Crippen LogP contribution in [-0.4, -0.2) is 115 Å². The lowest BCUT2D eigenvalue weighted by Gasteiger charge is -2.62. The predicted molar refractivity (Wildman–Crippen MR) is 158 cm³/mol. The van der Waals surface area contributed by atoms with Gasteiger partial charge in [0.05, 0.1) is 49.1 Å². The van der Waals surface area contributed by atoms with Gasteiger partial charge in [0.25, 0.3) is 5.91 Å². The summed E-state index contributed by atoms with van der Waals surface area (Å²) in [5.74, 6) is 0.240. The Morgan fingerprint density at radius 1 is 1.02 bits per heavy atom. The fraction of sp³-hybridized carbons (Fsp3) is 0.879. The summed E-state index contributed by atoms with van der Waals surface area (Å²) in [6.45, 7) is 3.90. The molecule has 4 aliphatic heterocycles. The molecule has 3 saturated heterocycles. The van der Waals surface area contributed by atoms with E-state index in [1.165, 1.54) is 51.5 Å². The Morgan fingerprint density at radius 2 is 1.83 bits per heavy atom. The van der Waals surface area contributed by atoms with E-state index in [-0.39, 0.29) is 41.9 Å². The van der Waals surface area contributed by atoms with Gasteiger partial charge in [0.15, 0.2) is 5.78 Å². The second-order valence-corrected chi connectivity index (χ2v) is 14.3. The number of hydrogen-bond donors (Lipinski definition) is 1. The van der Waals surface area contributed by atoms with Crippen LogP contribution in [0.1, 0.15) is 77.0 Å². The molecule has 9 heteroatoms. The monoisotopic (exact) mass is 586 g/mol. The molecular formula is C33H51FN4O4. The fourth-order valence-corrected chi connectivity index (χ4v) is 9.85. The number of alkyl halides is 1. The summed E-state index contributed by atoms with van der Waals surface area (Å²) in [5.41, 5.74) is 0.255. The van der Waals surface area contributed by atoms with Crippen LogP contribution in [-0.2, 0) is 19.1 Å². The largest absolute Gasteiger partial charge is 0.378 e. The highest BCUT2D eigenvalue weighted by molar-refractivity contribution is 6.20. The van der Waals surface area contributed by atoms with Crippen molar-refractivity contribution in [1.29, 1.82) is 0 Å². The summed E-state index contributed by atoms with van der Waals surface area (Å²) in [6.07, 6.45) is 13.6. The molecule has 234 valence electrons. The van der Waals surface area contributed by atoms with Crippen LogP contribution in [0.25, 0.3) is 0 Å². The smallest absolute Gasteiger partial charge is 0.259 e. The van der Waals surface area contributed by atoms with Gasteiger partial charge < -0.3 is 29.5 Å². The van der Waals surface area contributed by atoms with Crippen molar-refractivity contribution in [3.05, 3.63) is 11.8 Å². The molecule has 0 radical (unpaired) electrons. The maximum Gasteiger partial charge on any atom is 0.259 e. The van der Waals surface area contributed by atoms with Gasteiger partial charge in [-0.15, -0.1) is 0 Å². The number of nitrogens with one attached hydrogen (secondary N) is 1. The molecule has 10 unspecified atom stereocenters.